The standard InChI is InChI=1S/C38H44N10O5/c39-33(50)32-34(42-38(44-43-32)46-15-2-1-3-16-46)40-26-6-4-24(5-7-26)25-13-17-45(18-14-25)21-23-12-19-47(22-23)27-8-9-28-29(20-27)37(53)48(36(28)52)30-10-11-31(49)41-35(30)51/h4-9,20,23,25,30H,1-3,10-19,21-22H2,(H2,39,50)(H,40,42,44)(H,41,49,51). The van der Waals surface area contributed by atoms with Crippen molar-refractivity contribution in [1.82, 2.24) is 30.3 Å². The van der Waals surface area contributed by atoms with Crippen molar-refractivity contribution in [2.45, 2.75) is 63.3 Å². The predicted octanol–water partition coefficient (Wildman–Crippen LogP) is 2.81. The van der Waals surface area contributed by atoms with Gasteiger partial charge in [0, 0.05) is 50.5 Å². The predicted molar refractivity (Wildman–Crippen MR) is 196 cm³/mol. The summed E-state index contributed by atoms with van der Waals surface area (Å²) in [5.41, 5.74) is 9.21. The molecule has 4 fully saturated rings. The first-order valence-electron chi connectivity index (χ1n) is 18.7. The Hall–Kier alpha value is -5.44. The minimum absolute atomic E-state index is 0.0184. The minimum Gasteiger partial charge on any atom is -0.371 e. The van der Waals surface area contributed by atoms with Crippen molar-refractivity contribution in [3.63, 3.8) is 0 Å². The van der Waals surface area contributed by atoms with Crippen molar-refractivity contribution in [2.75, 3.05) is 60.9 Å². The zero-order valence-corrected chi connectivity index (χ0v) is 29.6. The van der Waals surface area contributed by atoms with Crippen LogP contribution in [0.1, 0.15) is 94.1 Å². The molecule has 4 N–H and O–H groups in total. The molecule has 0 radical (unpaired) electrons. The fraction of sp³-hybridized carbons (Fsp3) is 0.474. The lowest BCUT2D eigenvalue weighted by molar-refractivity contribution is -0.136. The highest BCUT2D eigenvalue weighted by Crippen LogP contribution is 2.34. The van der Waals surface area contributed by atoms with Gasteiger partial charge in [-0.3, -0.25) is 34.2 Å². The summed E-state index contributed by atoms with van der Waals surface area (Å²) in [6, 6.07) is 12.7. The Labute approximate surface area is 307 Å². The zero-order chi connectivity index (χ0) is 36.6. The normalized spacial score (nSPS) is 22.7. The molecule has 0 spiro atoms. The number of imide groups is 2. The van der Waals surface area contributed by atoms with E-state index < -0.39 is 29.7 Å². The second-order valence-electron chi connectivity index (χ2n) is 14.8. The fourth-order valence-electron chi connectivity index (χ4n) is 8.46. The molecule has 15 heteroatoms. The maximum absolute atomic E-state index is 13.3. The molecule has 2 unspecified atom stereocenters. The van der Waals surface area contributed by atoms with Crippen LogP contribution >= 0.6 is 0 Å². The Morgan fingerprint density at radius 2 is 1.58 bits per heavy atom. The number of benzene rings is 2. The van der Waals surface area contributed by atoms with Crippen LogP contribution in [0, 0.1) is 5.92 Å². The van der Waals surface area contributed by atoms with Gasteiger partial charge < -0.3 is 25.8 Å². The van der Waals surface area contributed by atoms with Crippen LogP contribution in [0.25, 0.3) is 0 Å². The van der Waals surface area contributed by atoms with Crippen LogP contribution in [0.15, 0.2) is 42.5 Å². The Bertz CT molecular complexity index is 1940. The second kappa shape index (κ2) is 14.5. The van der Waals surface area contributed by atoms with E-state index in [9.17, 15) is 24.0 Å². The first-order valence-corrected chi connectivity index (χ1v) is 18.7. The number of carbonyl (C=O) groups is 5. The first kappa shape index (κ1) is 34.6. The van der Waals surface area contributed by atoms with E-state index in [0.717, 1.165) is 94.2 Å². The van der Waals surface area contributed by atoms with E-state index in [2.05, 4.69) is 52.6 Å². The van der Waals surface area contributed by atoms with Crippen LogP contribution in [0.5, 0.6) is 0 Å². The highest BCUT2D eigenvalue weighted by molar-refractivity contribution is 6.23. The van der Waals surface area contributed by atoms with Crippen molar-refractivity contribution in [1.29, 1.82) is 0 Å². The van der Waals surface area contributed by atoms with Crippen LogP contribution in [-0.4, -0.2) is 106 Å². The SMILES string of the molecule is NC(=O)c1nnc(N2CCCCC2)nc1Nc1ccc(C2CCN(CC3CCN(c4ccc5c(c4)C(=O)N(C4CCC(=O)NC4=O)C5=O)C3)CC2)cc1. The topological polar surface area (TPSA) is 187 Å². The maximum Gasteiger partial charge on any atom is 0.273 e. The molecule has 4 saturated heterocycles. The molecule has 5 amide bonds. The quantitative estimate of drug-likeness (QED) is 0.275. The number of nitrogens with two attached hydrogens (primary N) is 1. The van der Waals surface area contributed by atoms with Crippen molar-refractivity contribution in [3.8, 4) is 0 Å². The average Bonchev–Trinajstić information content (AvgIpc) is 3.74. The summed E-state index contributed by atoms with van der Waals surface area (Å²) in [6.07, 6.45) is 6.74. The molecule has 8 rings (SSSR count). The monoisotopic (exact) mass is 720 g/mol. The van der Waals surface area contributed by atoms with Gasteiger partial charge in [0.25, 0.3) is 17.7 Å². The molecule has 15 nitrogen and oxygen atoms in total. The van der Waals surface area contributed by atoms with Gasteiger partial charge in [-0.25, -0.2) is 0 Å². The van der Waals surface area contributed by atoms with Crippen LogP contribution in [0.3, 0.4) is 0 Å². The first-order chi connectivity index (χ1) is 25.7. The van der Waals surface area contributed by atoms with Gasteiger partial charge in [-0.05, 0) is 106 Å². The van der Waals surface area contributed by atoms with E-state index >= 15 is 0 Å². The van der Waals surface area contributed by atoms with Crippen molar-refractivity contribution in [2.24, 2.45) is 11.7 Å². The van der Waals surface area contributed by atoms with Crippen molar-refractivity contribution in [3.05, 3.63) is 64.8 Å². The number of nitrogens with one attached hydrogen (secondary N) is 2. The number of hydrogen-bond donors (Lipinski definition) is 3. The number of hydrogen-bond acceptors (Lipinski definition) is 12. The molecule has 53 heavy (non-hydrogen) atoms. The Morgan fingerprint density at radius 3 is 2.32 bits per heavy atom. The Balaban J connectivity index is 0.835. The van der Waals surface area contributed by atoms with Gasteiger partial charge >= 0.3 is 0 Å². The van der Waals surface area contributed by atoms with Crippen LogP contribution in [0.4, 0.5) is 23.1 Å². The molecular formula is C38H44N10O5. The molecular weight excluding hydrogens is 676 g/mol. The molecule has 276 valence electrons. The van der Waals surface area contributed by atoms with E-state index in [1.807, 2.05) is 18.2 Å². The lowest BCUT2D eigenvalue weighted by Crippen LogP contribution is -2.54. The third-order valence-electron chi connectivity index (χ3n) is 11.4. The number of amides is 5. The van der Waals surface area contributed by atoms with E-state index in [4.69, 9.17) is 5.73 Å². The highest BCUT2D eigenvalue weighted by Gasteiger charge is 2.45. The number of likely N-dealkylation sites (tertiary alicyclic amines) is 1. The molecule has 0 aliphatic carbocycles. The van der Waals surface area contributed by atoms with Gasteiger partial charge in [0.05, 0.1) is 11.1 Å². The summed E-state index contributed by atoms with van der Waals surface area (Å²) in [5, 5.41) is 13.8. The number of carbonyl (C=O) groups excluding carboxylic acids is 5. The van der Waals surface area contributed by atoms with Crippen molar-refractivity contribution < 1.29 is 24.0 Å². The summed E-state index contributed by atoms with van der Waals surface area (Å²) in [5.74, 6) is -0.871. The van der Waals surface area contributed by atoms with Crippen LogP contribution in [0.2, 0.25) is 0 Å². The van der Waals surface area contributed by atoms with Gasteiger partial charge in [0.15, 0.2) is 11.5 Å². The molecule has 6 heterocycles. The third-order valence-corrected chi connectivity index (χ3v) is 11.4. The van der Waals surface area contributed by atoms with Crippen LogP contribution < -0.4 is 26.2 Å². The summed E-state index contributed by atoms with van der Waals surface area (Å²) >= 11 is 0. The molecule has 0 saturated carbocycles. The fourth-order valence-corrected chi connectivity index (χ4v) is 8.46. The second-order valence-corrected chi connectivity index (χ2v) is 14.8. The lowest BCUT2D eigenvalue weighted by Gasteiger charge is -2.34. The van der Waals surface area contributed by atoms with Gasteiger partial charge in [-0.15, -0.1) is 10.2 Å². The molecule has 5 aliphatic heterocycles. The van der Waals surface area contributed by atoms with Crippen molar-refractivity contribution >= 4 is 52.7 Å². The average molecular weight is 721 g/mol. The molecule has 2 atom stereocenters. The Kier molecular flexibility index (Phi) is 9.49. The third kappa shape index (κ3) is 7.04. The largest absolute Gasteiger partial charge is 0.371 e. The highest BCUT2D eigenvalue weighted by atomic mass is 16.2. The zero-order valence-electron chi connectivity index (χ0n) is 29.6. The molecule has 1 aromatic heterocycles. The number of aromatic nitrogens is 3. The number of nitrogens with zero attached hydrogens (tertiary/aromatic N) is 7. The Morgan fingerprint density at radius 1 is 0.830 bits per heavy atom. The molecule has 5 aliphatic rings. The van der Waals surface area contributed by atoms with E-state index in [-0.39, 0.29) is 24.4 Å². The van der Waals surface area contributed by atoms with E-state index in [0.29, 0.717) is 34.7 Å². The van der Waals surface area contributed by atoms with E-state index in [1.165, 1.54) is 12.0 Å². The minimum atomic E-state index is -0.968. The van der Waals surface area contributed by atoms with Gasteiger partial charge in [-0.2, -0.15) is 4.98 Å². The van der Waals surface area contributed by atoms with Gasteiger partial charge in [0.1, 0.15) is 6.04 Å². The van der Waals surface area contributed by atoms with Gasteiger partial charge in [-0.1, -0.05) is 12.1 Å². The number of primary amides is 1. The smallest absolute Gasteiger partial charge is 0.273 e. The summed E-state index contributed by atoms with van der Waals surface area (Å²) < 4.78 is 0. The van der Waals surface area contributed by atoms with Crippen LogP contribution in [-0.2, 0) is 9.59 Å². The summed E-state index contributed by atoms with van der Waals surface area (Å²) in [4.78, 5) is 75.1. The lowest BCUT2D eigenvalue weighted by atomic mass is 9.89. The van der Waals surface area contributed by atoms with E-state index in [1.54, 1.807) is 12.1 Å². The molecule has 3 aromatic rings. The number of piperidine rings is 3. The van der Waals surface area contributed by atoms with Gasteiger partial charge in [0.2, 0.25) is 17.8 Å². The number of fused-ring (bicyclic) bond motifs is 1. The molecule has 2 aromatic carbocycles. The maximum atomic E-state index is 13.3. The summed E-state index contributed by atoms with van der Waals surface area (Å²) in [7, 11) is 0. The molecule has 0 bridgehead atoms. The number of anilines is 4. The number of rotatable bonds is 9. The summed E-state index contributed by atoms with van der Waals surface area (Å²) in [6.45, 7) is 6.49.